The number of nitrogens with zero attached hydrogens (tertiary/aromatic N) is 2. The Labute approximate surface area is 77.1 Å². The maximum Gasteiger partial charge on any atom is 0.131 e. The summed E-state index contributed by atoms with van der Waals surface area (Å²) in [7, 11) is 0. The van der Waals surface area contributed by atoms with Crippen LogP contribution in [0.3, 0.4) is 0 Å². The molecule has 1 aromatic heterocycles. The van der Waals surface area contributed by atoms with Gasteiger partial charge in [0.05, 0.1) is 0 Å². The molecular formula is C9H13N3O. The van der Waals surface area contributed by atoms with E-state index in [-0.39, 0.29) is 0 Å². The van der Waals surface area contributed by atoms with E-state index in [1.165, 1.54) is 0 Å². The first-order valence-electron chi connectivity index (χ1n) is 4.50. The number of nitrogen functional groups attached to an aromatic ring is 1. The standard InChI is InChI=1S/C9H13N3O/c10-8-1-3-11-9(12-8)5-7-2-4-13-6-7/h1,3,7H,2,4-6H2,(H2,10,11,12)/t7-/m0/s1. The van der Waals surface area contributed by atoms with Crippen molar-refractivity contribution in [3.8, 4) is 0 Å². The van der Waals surface area contributed by atoms with Crippen LogP contribution in [0.4, 0.5) is 5.82 Å². The molecule has 1 fully saturated rings. The molecule has 0 amide bonds. The molecule has 1 aliphatic rings. The van der Waals surface area contributed by atoms with Crippen LogP contribution in [-0.2, 0) is 11.2 Å². The van der Waals surface area contributed by atoms with Gasteiger partial charge in [0.15, 0.2) is 0 Å². The van der Waals surface area contributed by atoms with Gasteiger partial charge in [-0.1, -0.05) is 0 Å². The van der Waals surface area contributed by atoms with E-state index in [0.717, 1.165) is 31.9 Å². The maximum atomic E-state index is 5.55. The van der Waals surface area contributed by atoms with Gasteiger partial charge in [0.2, 0.25) is 0 Å². The SMILES string of the molecule is Nc1ccnc(C[C@@H]2CCOC2)n1. The molecule has 0 bridgehead atoms. The van der Waals surface area contributed by atoms with Gasteiger partial charge in [0.1, 0.15) is 11.6 Å². The third-order valence-corrected chi connectivity index (χ3v) is 2.22. The van der Waals surface area contributed by atoms with Gasteiger partial charge in [0.25, 0.3) is 0 Å². The maximum absolute atomic E-state index is 5.55. The summed E-state index contributed by atoms with van der Waals surface area (Å²) in [6, 6.07) is 1.70. The van der Waals surface area contributed by atoms with E-state index in [1.807, 2.05) is 0 Å². The van der Waals surface area contributed by atoms with Crippen molar-refractivity contribution in [2.24, 2.45) is 5.92 Å². The zero-order valence-electron chi connectivity index (χ0n) is 7.44. The number of aromatic nitrogens is 2. The van der Waals surface area contributed by atoms with Crippen molar-refractivity contribution in [2.45, 2.75) is 12.8 Å². The van der Waals surface area contributed by atoms with E-state index < -0.39 is 0 Å². The smallest absolute Gasteiger partial charge is 0.131 e. The van der Waals surface area contributed by atoms with Crippen molar-refractivity contribution in [3.05, 3.63) is 18.1 Å². The summed E-state index contributed by atoms with van der Waals surface area (Å²) in [5, 5.41) is 0. The summed E-state index contributed by atoms with van der Waals surface area (Å²) < 4.78 is 5.27. The largest absolute Gasteiger partial charge is 0.384 e. The Bertz CT molecular complexity index is 284. The molecule has 0 radical (unpaired) electrons. The minimum absolute atomic E-state index is 0.545. The highest BCUT2D eigenvalue weighted by molar-refractivity contribution is 5.25. The number of hydrogen-bond donors (Lipinski definition) is 1. The highest BCUT2D eigenvalue weighted by Gasteiger charge is 2.17. The average molecular weight is 179 g/mol. The number of nitrogens with two attached hydrogens (primary N) is 1. The molecule has 1 aromatic rings. The molecule has 0 aromatic carbocycles. The fourth-order valence-electron chi connectivity index (χ4n) is 1.52. The fourth-order valence-corrected chi connectivity index (χ4v) is 1.52. The third-order valence-electron chi connectivity index (χ3n) is 2.22. The summed E-state index contributed by atoms with van der Waals surface area (Å²) >= 11 is 0. The first kappa shape index (κ1) is 8.44. The quantitative estimate of drug-likeness (QED) is 0.723. The van der Waals surface area contributed by atoms with Gasteiger partial charge in [-0.05, 0) is 18.4 Å². The van der Waals surface area contributed by atoms with E-state index in [0.29, 0.717) is 11.7 Å². The zero-order chi connectivity index (χ0) is 9.10. The molecular weight excluding hydrogens is 166 g/mol. The van der Waals surface area contributed by atoms with Crippen molar-refractivity contribution >= 4 is 5.82 Å². The minimum atomic E-state index is 0.545. The molecule has 2 rings (SSSR count). The van der Waals surface area contributed by atoms with Gasteiger partial charge in [0, 0.05) is 25.8 Å². The molecule has 0 unspecified atom stereocenters. The molecule has 4 nitrogen and oxygen atoms in total. The Morgan fingerprint density at radius 3 is 3.23 bits per heavy atom. The topological polar surface area (TPSA) is 61.0 Å². The van der Waals surface area contributed by atoms with Gasteiger partial charge < -0.3 is 10.5 Å². The first-order valence-corrected chi connectivity index (χ1v) is 4.50. The first-order chi connectivity index (χ1) is 6.34. The number of rotatable bonds is 2. The molecule has 4 heteroatoms. The Kier molecular flexibility index (Phi) is 2.40. The second-order valence-electron chi connectivity index (χ2n) is 3.33. The average Bonchev–Trinajstić information content (AvgIpc) is 2.57. The minimum Gasteiger partial charge on any atom is -0.384 e. The molecule has 70 valence electrons. The van der Waals surface area contributed by atoms with Crippen molar-refractivity contribution in [1.82, 2.24) is 9.97 Å². The molecule has 2 N–H and O–H groups in total. The molecule has 2 heterocycles. The number of hydrogen-bond acceptors (Lipinski definition) is 4. The summed E-state index contributed by atoms with van der Waals surface area (Å²) in [5.74, 6) is 1.95. The van der Waals surface area contributed by atoms with E-state index >= 15 is 0 Å². The summed E-state index contributed by atoms with van der Waals surface area (Å²) in [6.07, 6.45) is 3.69. The Hall–Kier alpha value is -1.16. The van der Waals surface area contributed by atoms with Gasteiger partial charge in [-0.3, -0.25) is 0 Å². The lowest BCUT2D eigenvalue weighted by atomic mass is 10.1. The fraction of sp³-hybridized carbons (Fsp3) is 0.556. The van der Waals surface area contributed by atoms with Crippen LogP contribution in [0.25, 0.3) is 0 Å². The monoisotopic (exact) mass is 179 g/mol. The lowest BCUT2D eigenvalue weighted by Crippen LogP contribution is -2.07. The van der Waals surface area contributed by atoms with Crippen LogP contribution in [0.5, 0.6) is 0 Å². The van der Waals surface area contributed by atoms with Crippen LogP contribution in [0.2, 0.25) is 0 Å². The van der Waals surface area contributed by atoms with Gasteiger partial charge in [-0.15, -0.1) is 0 Å². The van der Waals surface area contributed by atoms with Crippen LogP contribution < -0.4 is 5.73 Å². The highest BCUT2D eigenvalue weighted by atomic mass is 16.5. The van der Waals surface area contributed by atoms with Crippen LogP contribution >= 0.6 is 0 Å². The van der Waals surface area contributed by atoms with E-state index in [1.54, 1.807) is 12.3 Å². The zero-order valence-corrected chi connectivity index (χ0v) is 7.44. The van der Waals surface area contributed by atoms with E-state index in [4.69, 9.17) is 10.5 Å². The molecule has 1 saturated heterocycles. The molecule has 13 heavy (non-hydrogen) atoms. The van der Waals surface area contributed by atoms with Crippen LogP contribution in [0.1, 0.15) is 12.2 Å². The van der Waals surface area contributed by atoms with Crippen molar-refractivity contribution in [3.63, 3.8) is 0 Å². The Morgan fingerprint density at radius 1 is 1.62 bits per heavy atom. The van der Waals surface area contributed by atoms with Gasteiger partial charge in [-0.25, -0.2) is 9.97 Å². The Balaban J connectivity index is 2.00. The van der Waals surface area contributed by atoms with Gasteiger partial charge in [-0.2, -0.15) is 0 Å². The highest BCUT2D eigenvalue weighted by Crippen LogP contribution is 2.16. The number of ether oxygens (including phenoxy) is 1. The number of anilines is 1. The van der Waals surface area contributed by atoms with Crippen molar-refractivity contribution < 1.29 is 4.74 Å². The second kappa shape index (κ2) is 3.70. The Morgan fingerprint density at radius 2 is 2.54 bits per heavy atom. The van der Waals surface area contributed by atoms with Crippen molar-refractivity contribution in [2.75, 3.05) is 18.9 Å². The van der Waals surface area contributed by atoms with E-state index in [2.05, 4.69) is 9.97 Å². The lowest BCUT2D eigenvalue weighted by Gasteiger charge is -2.05. The molecule has 0 spiro atoms. The third kappa shape index (κ3) is 2.15. The summed E-state index contributed by atoms with van der Waals surface area (Å²) in [5.41, 5.74) is 5.55. The molecule has 0 aliphatic carbocycles. The predicted octanol–water partition coefficient (Wildman–Crippen LogP) is 0.638. The predicted molar refractivity (Wildman–Crippen MR) is 49.1 cm³/mol. The molecule has 0 saturated carbocycles. The van der Waals surface area contributed by atoms with E-state index in [9.17, 15) is 0 Å². The normalized spacial score (nSPS) is 22.0. The molecule has 1 atom stereocenters. The van der Waals surface area contributed by atoms with Crippen LogP contribution in [-0.4, -0.2) is 23.2 Å². The second-order valence-corrected chi connectivity index (χ2v) is 3.33. The molecule has 1 aliphatic heterocycles. The van der Waals surface area contributed by atoms with Crippen LogP contribution in [0, 0.1) is 5.92 Å². The van der Waals surface area contributed by atoms with Crippen LogP contribution in [0.15, 0.2) is 12.3 Å². The van der Waals surface area contributed by atoms with Gasteiger partial charge >= 0.3 is 0 Å². The summed E-state index contributed by atoms with van der Waals surface area (Å²) in [6.45, 7) is 1.70. The summed E-state index contributed by atoms with van der Waals surface area (Å²) in [4.78, 5) is 8.30. The van der Waals surface area contributed by atoms with Crippen molar-refractivity contribution in [1.29, 1.82) is 0 Å². The lowest BCUT2D eigenvalue weighted by molar-refractivity contribution is 0.185.